The average Bonchev–Trinajstić information content (AvgIpc) is 1.67. The molecule has 0 unspecified atom stereocenters. The maximum atomic E-state index is 10.3. The minimum Gasteiger partial charge on any atom is -0.270 e. The first kappa shape index (κ1) is 7.65. The zero-order chi connectivity index (χ0) is 6.62. The molecule has 0 rings (SSSR count). The molecule has 0 fully saturated rings. The Kier molecular flexibility index (Phi) is 2.71. The van der Waals surface area contributed by atoms with E-state index in [0.29, 0.717) is 0 Å². The molecule has 0 radical (unpaired) electrons. The highest BCUT2D eigenvalue weighted by atomic mass is 32.2. The lowest BCUT2D eigenvalue weighted by Gasteiger charge is -1.88. The van der Waals surface area contributed by atoms with Crippen molar-refractivity contribution in [1.82, 2.24) is 0 Å². The van der Waals surface area contributed by atoms with Gasteiger partial charge < -0.3 is 0 Å². The van der Waals surface area contributed by atoms with E-state index in [2.05, 4.69) is 4.18 Å². The van der Waals surface area contributed by atoms with Crippen LogP contribution in [0.3, 0.4) is 0 Å². The van der Waals surface area contributed by atoms with E-state index < -0.39 is 10.1 Å². The largest absolute Gasteiger partial charge is 0.289 e. The van der Waals surface area contributed by atoms with Crippen molar-refractivity contribution in [2.45, 2.75) is 6.92 Å². The van der Waals surface area contributed by atoms with Crippen LogP contribution >= 0.6 is 0 Å². The van der Waals surface area contributed by atoms with Crippen LogP contribution in [-0.4, -0.2) is 15.5 Å². The summed E-state index contributed by atoms with van der Waals surface area (Å²) >= 11 is 0. The summed E-state index contributed by atoms with van der Waals surface area (Å²) in [6, 6.07) is 0. The Hall–Kier alpha value is -0.350. The summed E-state index contributed by atoms with van der Waals surface area (Å²) in [5.41, 5.74) is 0. The van der Waals surface area contributed by atoms with E-state index in [1.807, 2.05) is 0 Å². The van der Waals surface area contributed by atoms with Gasteiger partial charge in [0.2, 0.25) is 0 Å². The normalized spacial score (nSPS) is 12.8. The zero-order valence-electron chi connectivity index (χ0n) is 4.79. The second-order valence-electron chi connectivity index (χ2n) is 1.13. The maximum absolute atomic E-state index is 10.3. The summed E-state index contributed by atoms with van der Waals surface area (Å²) in [5.74, 6) is 0. The molecule has 0 aliphatic rings. The molecular weight excluding hydrogens is 128 g/mol. The lowest BCUT2D eigenvalue weighted by Crippen LogP contribution is -1.95. The third-order valence-corrected chi connectivity index (χ3v) is 1.61. The van der Waals surface area contributed by atoms with Gasteiger partial charge in [0.05, 0.1) is 12.5 Å². The quantitative estimate of drug-likeness (QED) is 0.519. The molecule has 0 heterocycles. The molecule has 0 aliphatic carbocycles. The van der Waals surface area contributed by atoms with Crippen molar-refractivity contribution in [2.75, 3.05) is 7.11 Å². The summed E-state index contributed by atoms with van der Waals surface area (Å²) in [6.45, 7) is 1.61. The summed E-state index contributed by atoms with van der Waals surface area (Å²) in [6.07, 6.45) is 1.40. The number of allylic oxidation sites excluding steroid dienone is 1. The average molecular weight is 136 g/mol. The van der Waals surface area contributed by atoms with Gasteiger partial charge in [-0.3, -0.25) is 4.18 Å². The lowest BCUT2D eigenvalue weighted by atomic mass is 10.8. The van der Waals surface area contributed by atoms with Crippen molar-refractivity contribution in [3.63, 3.8) is 0 Å². The highest BCUT2D eigenvalue weighted by Crippen LogP contribution is 1.89. The predicted molar refractivity (Wildman–Crippen MR) is 30.7 cm³/mol. The van der Waals surface area contributed by atoms with Crippen LogP contribution < -0.4 is 0 Å². The minimum absolute atomic E-state index is 0.993. The van der Waals surface area contributed by atoms with Gasteiger partial charge in [0.25, 0.3) is 10.1 Å². The third kappa shape index (κ3) is 2.76. The van der Waals surface area contributed by atoms with Gasteiger partial charge in [-0.2, -0.15) is 8.42 Å². The third-order valence-electron chi connectivity index (χ3n) is 0.535. The molecule has 48 valence electrons. The topological polar surface area (TPSA) is 43.4 Å². The van der Waals surface area contributed by atoms with Crippen LogP contribution in [0.1, 0.15) is 6.92 Å². The van der Waals surface area contributed by atoms with Gasteiger partial charge in [-0.25, -0.2) is 0 Å². The van der Waals surface area contributed by atoms with E-state index in [1.165, 1.54) is 6.08 Å². The highest BCUT2D eigenvalue weighted by molar-refractivity contribution is 7.89. The van der Waals surface area contributed by atoms with E-state index in [-0.39, 0.29) is 0 Å². The van der Waals surface area contributed by atoms with Gasteiger partial charge in [0.15, 0.2) is 0 Å². The van der Waals surface area contributed by atoms with Gasteiger partial charge in [0.1, 0.15) is 0 Å². The zero-order valence-corrected chi connectivity index (χ0v) is 5.60. The molecule has 0 amide bonds. The van der Waals surface area contributed by atoms with Crippen LogP contribution in [0.5, 0.6) is 0 Å². The van der Waals surface area contributed by atoms with Gasteiger partial charge in [-0.05, 0) is 6.92 Å². The van der Waals surface area contributed by atoms with Crippen LogP contribution in [0.4, 0.5) is 0 Å². The Labute approximate surface area is 49.1 Å². The van der Waals surface area contributed by atoms with Gasteiger partial charge in [0, 0.05) is 0 Å². The summed E-state index contributed by atoms with van der Waals surface area (Å²) in [5, 5.41) is 0.993. The molecule has 0 saturated heterocycles. The molecule has 0 aromatic heterocycles. The van der Waals surface area contributed by atoms with Crippen molar-refractivity contribution in [3.8, 4) is 0 Å². The van der Waals surface area contributed by atoms with Gasteiger partial charge in [-0.15, -0.1) is 0 Å². The minimum atomic E-state index is -3.35. The van der Waals surface area contributed by atoms with Crippen molar-refractivity contribution in [1.29, 1.82) is 0 Å². The van der Waals surface area contributed by atoms with Crippen molar-refractivity contribution in [2.24, 2.45) is 0 Å². The summed E-state index contributed by atoms with van der Waals surface area (Å²) in [4.78, 5) is 0. The van der Waals surface area contributed by atoms with E-state index in [1.54, 1.807) is 6.92 Å². The second kappa shape index (κ2) is 2.84. The number of hydrogen-bond donors (Lipinski definition) is 0. The first-order chi connectivity index (χ1) is 3.62. The van der Waals surface area contributed by atoms with Crippen LogP contribution in [-0.2, 0) is 14.3 Å². The summed E-state index contributed by atoms with van der Waals surface area (Å²) in [7, 11) is -2.23. The number of rotatable bonds is 2. The second-order valence-corrected chi connectivity index (χ2v) is 2.72. The molecule has 0 aliphatic heterocycles. The Morgan fingerprint density at radius 1 is 1.50 bits per heavy atom. The van der Waals surface area contributed by atoms with Gasteiger partial charge >= 0.3 is 0 Å². The monoisotopic (exact) mass is 136 g/mol. The molecule has 3 nitrogen and oxygen atoms in total. The molecule has 4 heteroatoms. The molecule has 0 N–H and O–H groups in total. The van der Waals surface area contributed by atoms with Crippen LogP contribution in [0, 0.1) is 0 Å². The van der Waals surface area contributed by atoms with Crippen molar-refractivity contribution >= 4 is 10.1 Å². The Morgan fingerprint density at radius 2 is 2.00 bits per heavy atom. The van der Waals surface area contributed by atoms with Crippen LogP contribution in [0.15, 0.2) is 11.5 Å². The first-order valence-electron chi connectivity index (χ1n) is 2.05. The lowest BCUT2D eigenvalue weighted by molar-refractivity contribution is 0.406. The molecule has 0 aromatic rings. The molecule has 0 bridgehead atoms. The molecular formula is C4H8O3S. The fourth-order valence-electron chi connectivity index (χ4n) is 0.222. The molecule has 0 saturated carbocycles. The van der Waals surface area contributed by atoms with E-state index in [4.69, 9.17) is 0 Å². The molecule has 8 heavy (non-hydrogen) atoms. The van der Waals surface area contributed by atoms with Crippen LogP contribution in [0.25, 0.3) is 0 Å². The van der Waals surface area contributed by atoms with E-state index >= 15 is 0 Å². The Balaban J connectivity index is 4.17. The fourth-order valence-corrected chi connectivity index (χ4v) is 0.667. The smallest absolute Gasteiger partial charge is 0.270 e. The van der Waals surface area contributed by atoms with E-state index in [9.17, 15) is 8.42 Å². The van der Waals surface area contributed by atoms with Gasteiger partial charge in [-0.1, -0.05) is 6.08 Å². The fraction of sp³-hybridized carbons (Fsp3) is 0.500. The molecule has 0 spiro atoms. The molecule has 0 atom stereocenters. The van der Waals surface area contributed by atoms with E-state index in [0.717, 1.165) is 12.5 Å². The highest BCUT2D eigenvalue weighted by Gasteiger charge is 1.97. The predicted octanol–water partition coefficient (Wildman–Crippen LogP) is 0.496. The van der Waals surface area contributed by atoms with Crippen molar-refractivity contribution < 1.29 is 12.6 Å². The summed E-state index contributed by atoms with van der Waals surface area (Å²) < 4.78 is 24.6. The SMILES string of the molecule is C/C=C\S(=O)(=O)OC. The molecule has 0 aromatic carbocycles. The Bertz CT molecular complexity index is 166. The standard InChI is InChI=1S/C4H8O3S/c1-3-4-8(5,6)7-2/h3-4H,1-2H3/b4-3-. The van der Waals surface area contributed by atoms with Crippen molar-refractivity contribution in [3.05, 3.63) is 11.5 Å². The Morgan fingerprint density at radius 3 is 2.12 bits per heavy atom. The van der Waals surface area contributed by atoms with Crippen LogP contribution in [0.2, 0.25) is 0 Å². The first-order valence-corrected chi connectivity index (χ1v) is 3.53. The maximum Gasteiger partial charge on any atom is 0.289 e. The number of hydrogen-bond acceptors (Lipinski definition) is 3.